The highest BCUT2D eigenvalue weighted by Gasteiger charge is 2.31. The lowest BCUT2D eigenvalue weighted by Crippen LogP contribution is -2.42. The van der Waals surface area contributed by atoms with Gasteiger partial charge in [0.1, 0.15) is 6.10 Å². The van der Waals surface area contributed by atoms with Gasteiger partial charge in [-0.2, -0.15) is 0 Å². The smallest absolute Gasteiger partial charge is 0.106 e. The third-order valence-electron chi connectivity index (χ3n) is 4.10. The van der Waals surface area contributed by atoms with Crippen molar-refractivity contribution in [3.63, 3.8) is 0 Å². The minimum atomic E-state index is -0.567. The van der Waals surface area contributed by atoms with Crippen LogP contribution in [0.25, 0.3) is 0 Å². The van der Waals surface area contributed by atoms with E-state index in [-0.39, 0.29) is 0 Å². The maximum atomic E-state index is 9.96. The van der Waals surface area contributed by atoms with Gasteiger partial charge in [-0.25, -0.2) is 0 Å². The fourth-order valence-electron chi connectivity index (χ4n) is 2.10. The number of aliphatic hydroxyl groups is 1. The van der Waals surface area contributed by atoms with Crippen LogP contribution in [-0.2, 0) is 9.47 Å². The average molecular weight is 244 g/mol. The number of aliphatic hydroxyl groups excluding tert-OH is 1. The van der Waals surface area contributed by atoms with Gasteiger partial charge in [0.25, 0.3) is 0 Å². The molecule has 0 aromatic rings. The lowest BCUT2D eigenvalue weighted by atomic mass is 9.76. The summed E-state index contributed by atoms with van der Waals surface area (Å²) < 4.78 is 11.0. The fraction of sp³-hybridized carbons (Fsp3) is 1.00. The van der Waals surface area contributed by atoms with Crippen molar-refractivity contribution in [1.29, 1.82) is 0 Å². The predicted molar refractivity (Wildman–Crippen MR) is 69.1 cm³/mol. The Balaban J connectivity index is 2.28. The first kappa shape index (κ1) is 14.9. The molecule has 1 aliphatic carbocycles. The molecular weight excluding hydrogens is 216 g/mol. The topological polar surface area (TPSA) is 38.7 Å². The van der Waals surface area contributed by atoms with E-state index in [0.29, 0.717) is 18.1 Å². The second kappa shape index (κ2) is 5.68. The average Bonchev–Trinajstić information content (AvgIpc) is 2.27. The molecule has 3 nitrogen and oxygen atoms in total. The summed E-state index contributed by atoms with van der Waals surface area (Å²) in [5.41, 5.74) is -0.0712. The van der Waals surface area contributed by atoms with E-state index in [9.17, 15) is 5.11 Å². The van der Waals surface area contributed by atoms with Crippen LogP contribution in [0.1, 0.15) is 53.4 Å². The molecule has 102 valence electrons. The quantitative estimate of drug-likeness (QED) is 0.808. The first-order valence-corrected chi connectivity index (χ1v) is 6.62. The van der Waals surface area contributed by atoms with Crippen LogP contribution in [0, 0.1) is 5.41 Å². The van der Waals surface area contributed by atoms with Crippen LogP contribution in [0.5, 0.6) is 0 Å². The van der Waals surface area contributed by atoms with E-state index in [1.54, 1.807) is 7.11 Å². The Bertz CT molecular complexity index is 226. The Morgan fingerprint density at radius 3 is 2.29 bits per heavy atom. The highest BCUT2D eigenvalue weighted by Crippen LogP contribution is 2.36. The summed E-state index contributed by atoms with van der Waals surface area (Å²) in [7, 11) is 1.62. The lowest BCUT2D eigenvalue weighted by molar-refractivity contribution is -0.123. The molecule has 0 amide bonds. The highest BCUT2D eigenvalue weighted by molar-refractivity contribution is 4.81. The molecule has 1 atom stereocenters. The molecule has 1 rings (SSSR count). The fourth-order valence-corrected chi connectivity index (χ4v) is 2.10. The molecule has 0 radical (unpaired) electrons. The highest BCUT2D eigenvalue weighted by atomic mass is 16.5. The van der Waals surface area contributed by atoms with Gasteiger partial charge in [0.15, 0.2) is 0 Å². The Morgan fingerprint density at radius 2 is 1.82 bits per heavy atom. The van der Waals surface area contributed by atoms with Crippen LogP contribution >= 0.6 is 0 Å². The molecule has 0 aromatic heterocycles. The second-order valence-electron chi connectivity index (χ2n) is 6.52. The van der Waals surface area contributed by atoms with Crippen molar-refractivity contribution in [3.05, 3.63) is 0 Å². The van der Waals surface area contributed by atoms with Gasteiger partial charge in [0.05, 0.1) is 18.3 Å². The molecule has 0 heterocycles. The molecule has 0 aromatic carbocycles. The van der Waals surface area contributed by atoms with Crippen LogP contribution in [0.4, 0.5) is 0 Å². The zero-order valence-electron chi connectivity index (χ0n) is 12.0. The van der Waals surface area contributed by atoms with Gasteiger partial charge in [-0.05, 0) is 44.9 Å². The molecular formula is C14H28O3. The summed E-state index contributed by atoms with van der Waals surface area (Å²) in [4.78, 5) is 0. The Labute approximate surface area is 105 Å². The molecule has 1 fully saturated rings. The number of methoxy groups -OCH3 is 1. The van der Waals surface area contributed by atoms with Gasteiger partial charge in [-0.15, -0.1) is 0 Å². The zero-order chi connectivity index (χ0) is 13.1. The van der Waals surface area contributed by atoms with Crippen LogP contribution in [0.2, 0.25) is 0 Å². The number of hydrogen-bond acceptors (Lipinski definition) is 3. The largest absolute Gasteiger partial charge is 0.388 e. The molecule has 1 unspecified atom stereocenters. The molecule has 0 saturated heterocycles. The normalized spacial score (nSPS) is 23.6. The van der Waals surface area contributed by atoms with Gasteiger partial charge in [0, 0.05) is 7.11 Å². The maximum absolute atomic E-state index is 9.96. The zero-order valence-corrected chi connectivity index (χ0v) is 12.0. The number of hydrogen-bond donors (Lipinski definition) is 1. The minimum absolute atomic E-state index is 0.310. The summed E-state index contributed by atoms with van der Waals surface area (Å²) >= 11 is 0. The summed E-state index contributed by atoms with van der Waals surface area (Å²) in [5.74, 6) is 0. The van der Waals surface area contributed by atoms with E-state index in [1.165, 1.54) is 12.8 Å². The lowest BCUT2D eigenvalue weighted by Gasteiger charge is -2.35. The summed E-state index contributed by atoms with van der Waals surface area (Å²) in [6.45, 7) is 8.75. The van der Waals surface area contributed by atoms with Gasteiger partial charge in [-0.1, -0.05) is 13.8 Å². The third-order valence-corrected chi connectivity index (χ3v) is 4.10. The molecule has 17 heavy (non-hydrogen) atoms. The third kappa shape index (κ3) is 4.57. The van der Waals surface area contributed by atoms with E-state index < -0.39 is 11.7 Å². The van der Waals surface area contributed by atoms with Gasteiger partial charge >= 0.3 is 0 Å². The van der Waals surface area contributed by atoms with Crippen molar-refractivity contribution in [2.24, 2.45) is 5.41 Å². The summed E-state index contributed by atoms with van der Waals surface area (Å²) in [6.07, 6.45) is 4.37. The molecule has 0 bridgehead atoms. The number of rotatable bonds is 5. The van der Waals surface area contributed by atoms with E-state index in [0.717, 1.165) is 12.8 Å². The van der Waals surface area contributed by atoms with Crippen LogP contribution in [0.15, 0.2) is 0 Å². The Kier molecular flexibility index (Phi) is 4.99. The van der Waals surface area contributed by atoms with Gasteiger partial charge in [-0.3, -0.25) is 0 Å². The Morgan fingerprint density at radius 1 is 1.29 bits per heavy atom. The first-order valence-electron chi connectivity index (χ1n) is 6.62. The second-order valence-corrected chi connectivity index (χ2v) is 6.52. The van der Waals surface area contributed by atoms with Crippen molar-refractivity contribution >= 4 is 0 Å². The van der Waals surface area contributed by atoms with E-state index in [4.69, 9.17) is 9.47 Å². The molecule has 0 spiro atoms. The standard InChI is InChI=1S/C14H28O3/c1-13(2)8-6-11(7-9-13)17-10-12(15)14(3,4)16-5/h11-12,15H,6-10H2,1-5H3. The molecule has 0 aliphatic heterocycles. The first-order chi connectivity index (χ1) is 7.77. The molecule has 1 saturated carbocycles. The molecule has 1 aliphatic rings. The summed E-state index contributed by atoms with van der Waals surface area (Å²) in [5, 5.41) is 9.96. The van der Waals surface area contributed by atoms with Gasteiger partial charge in [0.2, 0.25) is 0 Å². The SMILES string of the molecule is COC(C)(C)C(O)COC1CCC(C)(C)CC1. The predicted octanol–water partition coefficient (Wildman–Crippen LogP) is 2.76. The molecule has 1 N–H and O–H groups in total. The van der Waals surface area contributed by atoms with Crippen LogP contribution < -0.4 is 0 Å². The van der Waals surface area contributed by atoms with E-state index in [1.807, 2.05) is 13.8 Å². The number of ether oxygens (including phenoxy) is 2. The van der Waals surface area contributed by atoms with Crippen molar-refractivity contribution in [2.45, 2.75) is 71.2 Å². The Hall–Kier alpha value is -0.120. The summed E-state index contributed by atoms with van der Waals surface area (Å²) in [6, 6.07) is 0. The van der Waals surface area contributed by atoms with E-state index in [2.05, 4.69) is 13.8 Å². The van der Waals surface area contributed by atoms with Crippen molar-refractivity contribution in [3.8, 4) is 0 Å². The van der Waals surface area contributed by atoms with Crippen molar-refractivity contribution in [2.75, 3.05) is 13.7 Å². The van der Waals surface area contributed by atoms with Crippen LogP contribution in [-0.4, -0.2) is 36.6 Å². The molecule has 3 heteroatoms. The van der Waals surface area contributed by atoms with Crippen molar-refractivity contribution < 1.29 is 14.6 Å². The van der Waals surface area contributed by atoms with Crippen LogP contribution in [0.3, 0.4) is 0 Å². The van der Waals surface area contributed by atoms with E-state index >= 15 is 0 Å². The maximum Gasteiger partial charge on any atom is 0.106 e. The monoisotopic (exact) mass is 244 g/mol. The minimum Gasteiger partial charge on any atom is -0.388 e. The van der Waals surface area contributed by atoms with Crippen molar-refractivity contribution in [1.82, 2.24) is 0 Å². The van der Waals surface area contributed by atoms with Gasteiger partial charge < -0.3 is 14.6 Å².